The minimum Gasteiger partial charge on any atom is -0.350 e. The Hall–Kier alpha value is -2.88. The minimum absolute atomic E-state index is 0.215. The van der Waals surface area contributed by atoms with E-state index >= 15 is 0 Å². The van der Waals surface area contributed by atoms with Gasteiger partial charge >= 0.3 is 5.97 Å². The maximum absolute atomic E-state index is 11.9. The summed E-state index contributed by atoms with van der Waals surface area (Å²) in [5.41, 5.74) is 3.68. The Labute approximate surface area is 135 Å². The summed E-state index contributed by atoms with van der Waals surface area (Å²) in [5.74, 6) is -0.365. The van der Waals surface area contributed by atoms with Crippen LogP contribution in [0.15, 0.2) is 65.9 Å². The predicted molar refractivity (Wildman–Crippen MR) is 91.4 cm³/mol. The summed E-state index contributed by atoms with van der Waals surface area (Å²) in [4.78, 5) is 16.9. The van der Waals surface area contributed by atoms with Crippen LogP contribution in [0.3, 0.4) is 0 Å². The number of nitrogens with zero attached hydrogens (tertiary/aromatic N) is 2. The van der Waals surface area contributed by atoms with Crippen LogP contribution in [0.25, 0.3) is 10.9 Å². The summed E-state index contributed by atoms with van der Waals surface area (Å²) in [6, 6.07) is 17.6. The van der Waals surface area contributed by atoms with E-state index in [0.29, 0.717) is 5.71 Å². The summed E-state index contributed by atoms with van der Waals surface area (Å²) in [5, 5.41) is 5.10. The van der Waals surface area contributed by atoms with E-state index in [-0.39, 0.29) is 12.4 Å². The van der Waals surface area contributed by atoms with Crippen molar-refractivity contribution in [3.05, 3.63) is 71.9 Å². The lowest BCUT2D eigenvalue weighted by atomic mass is 10.1. The third-order valence-corrected chi connectivity index (χ3v) is 3.76. The van der Waals surface area contributed by atoms with Gasteiger partial charge in [-0.1, -0.05) is 53.7 Å². The Morgan fingerprint density at radius 3 is 2.57 bits per heavy atom. The molecule has 2 aromatic carbocycles. The molecule has 3 rings (SSSR count). The Bertz CT molecular complexity index is 863. The number of fused-ring (bicyclic) bond motifs is 1. The molecule has 0 amide bonds. The van der Waals surface area contributed by atoms with Crippen LogP contribution in [0.2, 0.25) is 0 Å². The molecule has 4 heteroatoms. The van der Waals surface area contributed by atoms with Crippen LogP contribution in [0.1, 0.15) is 18.1 Å². The first kappa shape index (κ1) is 15.0. The monoisotopic (exact) mass is 306 g/mol. The van der Waals surface area contributed by atoms with Crippen LogP contribution in [0, 0.1) is 0 Å². The van der Waals surface area contributed by atoms with Gasteiger partial charge in [0.1, 0.15) is 0 Å². The number of hydrogen-bond acceptors (Lipinski definition) is 3. The smallest absolute Gasteiger partial charge is 0.339 e. The maximum atomic E-state index is 11.9. The van der Waals surface area contributed by atoms with Gasteiger partial charge in [0.2, 0.25) is 0 Å². The highest BCUT2D eigenvalue weighted by Gasteiger charge is 2.10. The fourth-order valence-corrected chi connectivity index (χ4v) is 2.59. The molecule has 23 heavy (non-hydrogen) atoms. The van der Waals surface area contributed by atoms with Gasteiger partial charge in [-0.25, -0.2) is 4.79 Å². The SMILES string of the molecule is C/C(=N\OC(=O)Cc1ccccc1)c1cn(C)c2ccccc12. The summed E-state index contributed by atoms with van der Waals surface area (Å²) < 4.78 is 2.04. The first-order chi connectivity index (χ1) is 11.1. The highest BCUT2D eigenvalue weighted by atomic mass is 16.7. The Morgan fingerprint density at radius 1 is 1.09 bits per heavy atom. The molecule has 0 atom stereocenters. The standard InChI is InChI=1S/C19H18N2O2/c1-14(17-13-21(2)18-11-7-6-10-16(17)18)20-23-19(22)12-15-8-4-3-5-9-15/h3-11,13H,12H2,1-2H3/b20-14+. The van der Waals surface area contributed by atoms with Crippen molar-refractivity contribution in [2.45, 2.75) is 13.3 Å². The molecule has 0 saturated heterocycles. The van der Waals surface area contributed by atoms with Gasteiger partial charge in [0.15, 0.2) is 0 Å². The molecule has 3 aromatic rings. The van der Waals surface area contributed by atoms with Gasteiger partial charge in [-0.3, -0.25) is 0 Å². The average Bonchev–Trinajstić information content (AvgIpc) is 2.91. The lowest BCUT2D eigenvalue weighted by Crippen LogP contribution is -2.06. The van der Waals surface area contributed by atoms with E-state index in [9.17, 15) is 4.79 Å². The molecule has 0 aliphatic carbocycles. The van der Waals surface area contributed by atoms with Crippen molar-refractivity contribution >= 4 is 22.6 Å². The fourth-order valence-electron chi connectivity index (χ4n) is 2.59. The number of carbonyl (C=O) groups excluding carboxylic acids is 1. The lowest BCUT2D eigenvalue weighted by molar-refractivity contribution is -0.142. The lowest BCUT2D eigenvalue weighted by Gasteiger charge is -2.01. The van der Waals surface area contributed by atoms with Crippen molar-refractivity contribution in [3.63, 3.8) is 0 Å². The second kappa shape index (κ2) is 6.48. The normalized spacial score (nSPS) is 11.7. The Kier molecular flexibility index (Phi) is 4.24. The van der Waals surface area contributed by atoms with Crippen LogP contribution in [0.5, 0.6) is 0 Å². The average molecular weight is 306 g/mol. The second-order valence-corrected chi connectivity index (χ2v) is 5.47. The van der Waals surface area contributed by atoms with E-state index in [1.54, 1.807) is 0 Å². The largest absolute Gasteiger partial charge is 0.350 e. The van der Waals surface area contributed by atoms with Crippen LogP contribution < -0.4 is 0 Å². The molecule has 0 fully saturated rings. The summed E-state index contributed by atoms with van der Waals surface area (Å²) in [6.45, 7) is 1.84. The first-order valence-electron chi connectivity index (χ1n) is 7.48. The molecule has 1 aromatic heterocycles. The number of benzene rings is 2. The van der Waals surface area contributed by atoms with Crippen molar-refractivity contribution in [1.29, 1.82) is 0 Å². The summed E-state index contributed by atoms with van der Waals surface area (Å²) >= 11 is 0. The molecular formula is C19H18N2O2. The van der Waals surface area contributed by atoms with Crippen LogP contribution in [0.4, 0.5) is 0 Å². The minimum atomic E-state index is -0.365. The number of para-hydroxylation sites is 1. The molecule has 0 aliphatic heterocycles. The molecular weight excluding hydrogens is 288 g/mol. The first-order valence-corrected chi connectivity index (χ1v) is 7.48. The number of aryl methyl sites for hydroxylation is 1. The van der Waals surface area contributed by atoms with Gasteiger partial charge in [-0.15, -0.1) is 0 Å². The van der Waals surface area contributed by atoms with Crippen molar-refractivity contribution in [2.75, 3.05) is 0 Å². The zero-order chi connectivity index (χ0) is 16.2. The number of aromatic nitrogens is 1. The van der Waals surface area contributed by atoms with Crippen molar-refractivity contribution in [1.82, 2.24) is 4.57 Å². The fraction of sp³-hybridized carbons (Fsp3) is 0.158. The maximum Gasteiger partial charge on any atom is 0.339 e. The van der Waals surface area contributed by atoms with Crippen LogP contribution >= 0.6 is 0 Å². The highest BCUT2D eigenvalue weighted by molar-refractivity contribution is 6.09. The number of carbonyl (C=O) groups is 1. The van der Waals surface area contributed by atoms with Crippen molar-refractivity contribution in [3.8, 4) is 0 Å². The third-order valence-electron chi connectivity index (χ3n) is 3.76. The molecule has 4 nitrogen and oxygen atoms in total. The van der Waals surface area contributed by atoms with E-state index < -0.39 is 0 Å². The predicted octanol–water partition coefficient (Wildman–Crippen LogP) is 3.69. The Balaban J connectivity index is 1.75. The van der Waals surface area contributed by atoms with Gasteiger partial charge < -0.3 is 9.40 Å². The van der Waals surface area contributed by atoms with Gasteiger partial charge in [0.05, 0.1) is 12.1 Å². The highest BCUT2D eigenvalue weighted by Crippen LogP contribution is 2.21. The van der Waals surface area contributed by atoms with Crippen molar-refractivity contribution in [2.24, 2.45) is 12.2 Å². The number of hydrogen-bond donors (Lipinski definition) is 0. The second-order valence-electron chi connectivity index (χ2n) is 5.47. The quantitative estimate of drug-likeness (QED) is 0.419. The summed E-state index contributed by atoms with van der Waals surface area (Å²) in [6.07, 6.45) is 2.21. The molecule has 1 heterocycles. The number of oxime groups is 1. The van der Waals surface area contributed by atoms with Gasteiger partial charge in [0, 0.05) is 29.7 Å². The molecule has 0 bridgehead atoms. The van der Waals surface area contributed by atoms with E-state index in [4.69, 9.17) is 4.84 Å². The molecule has 0 saturated carbocycles. The van der Waals surface area contributed by atoms with E-state index in [1.807, 2.05) is 79.3 Å². The zero-order valence-electron chi connectivity index (χ0n) is 13.2. The van der Waals surface area contributed by atoms with Gasteiger partial charge in [0.25, 0.3) is 0 Å². The van der Waals surface area contributed by atoms with Crippen LogP contribution in [-0.4, -0.2) is 16.2 Å². The molecule has 0 unspecified atom stereocenters. The van der Waals surface area contributed by atoms with Gasteiger partial charge in [-0.2, -0.15) is 0 Å². The van der Waals surface area contributed by atoms with Gasteiger partial charge in [-0.05, 0) is 18.6 Å². The van der Waals surface area contributed by atoms with Crippen LogP contribution in [-0.2, 0) is 23.1 Å². The van der Waals surface area contributed by atoms with E-state index in [0.717, 1.165) is 22.0 Å². The number of rotatable bonds is 4. The molecule has 0 radical (unpaired) electrons. The van der Waals surface area contributed by atoms with E-state index in [2.05, 4.69) is 5.16 Å². The van der Waals surface area contributed by atoms with Crippen molar-refractivity contribution < 1.29 is 9.63 Å². The molecule has 0 aliphatic rings. The summed E-state index contributed by atoms with van der Waals surface area (Å²) in [7, 11) is 1.99. The molecule has 0 N–H and O–H groups in total. The van der Waals surface area contributed by atoms with E-state index in [1.165, 1.54) is 0 Å². The topological polar surface area (TPSA) is 43.6 Å². The molecule has 0 spiro atoms. The Morgan fingerprint density at radius 2 is 1.78 bits per heavy atom. The zero-order valence-corrected chi connectivity index (χ0v) is 13.2. The molecule has 116 valence electrons. The third kappa shape index (κ3) is 3.31.